The zero-order chi connectivity index (χ0) is 16.7. The molecule has 4 heterocycles. The predicted octanol–water partition coefficient (Wildman–Crippen LogP) is -0.179. The molecule has 2 radical (unpaired) electrons. The topological polar surface area (TPSA) is 125 Å². The van der Waals surface area contributed by atoms with Gasteiger partial charge in [-0.05, 0) is 6.07 Å². The fourth-order valence-electron chi connectivity index (χ4n) is 2.39. The van der Waals surface area contributed by atoms with E-state index in [1.807, 2.05) is 10.6 Å². The lowest BCUT2D eigenvalue weighted by Gasteiger charge is -2.08. The number of nitrogens with zero attached hydrogens (tertiary/aromatic N) is 6. The van der Waals surface area contributed by atoms with Crippen molar-refractivity contribution < 1.29 is 0 Å². The summed E-state index contributed by atoms with van der Waals surface area (Å²) in [4.78, 5) is 14.0. The minimum absolute atomic E-state index is 0.286. The van der Waals surface area contributed by atoms with Crippen LogP contribution in [0.4, 0.5) is 17.2 Å². The van der Waals surface area contributed by atoms with Gasteiger partial charge in [-0.25, -0.2) is 9.97 Å². The van der Waals surface area contributed by atoms with Crippen LogP contribution >= 0.6 is 0 Å². The van der Waals surface area contributed by atoms with Gasteiger partial charge < -0.3 is 16.9 Å². The van der Waals surface area contributed by atoms with Gasteiger partial charge in [0, 0.05) is 35.4 Å². The predicted molar refractivity (Wildman–Crippen MR) is 91.7 cm³/mol. The summed E-state index contributed by atoms with van der Waals surface area (Å²) in [5.41, 5.74) is 9.47. The number of nitrogens with two attached hydrogens (primary N) is 2. The van der Waals surface area contributed by atoms with E-state index >= 15 is 0 Å². The quantitative estimate of drug-likeness (QED) is 0.353. The zero-order valence-corrected chi connectivity index (χ0v) is 12.5. The van der Waals surface area contributed by atoms with Crippen molar-refractivity contribution in [3.05, 3.63) is 43.2 Å². The summed E-state index contributed by atoms with van der Waals surface area (Å²) in [7, 11) is 5.63. The van der Waals surface area contributed by atoms with Crippen LogP contribution in [0.5, 0.6) is 0 Å². The summed E-state index contributed by atoms with van der Waals surface area (Å²) < 4.78 is 1.89. The molecular weight excluding hydrogens is 305 g/mol. The van der Waals surface area contributed by atoms with Gasteiger partial charge in [-0.3, -0.25) is 9.38 Å². The molecule has 0 amide bonds. The third-order valence-corrected chi connectivity index (χ3v) is 3.54. The molecule has 0 bridgehead atoms. The first-order chi connectivity index (χ1) is 11.6. The van der Waals surface area contributed by atoms with Crippen molar-refractivity contribution in [3.8, 4) is 11.3 Å². The number of imidazole rings is 1. The molecule has 0 saturated carbocycles. The molecule has 0 aromatic carbocycles. The summed E-state index contributed by atoms with van der Waals surface area (Å²) in [6.07, 6.45) is 10.2. The van der Waals surface area contributed by atoms with Gasteiger partial charge in [-0.2, -0.15) is 9.89 Å². The Bertz CT molecular complexity index is 1040. The van der Waals surface area contributed by atoms with E-state index in [9.17, 15) is 0 Å². The van der Waals surface area contributed by atoms with Gasteiger partial charge in [0.05, 0.1) is 30.0 Å². The van der Waals surface area contributed by atoms with Crippen LogP contribution in [0, 0.1) is 0 Å². The highest BCUT2D eigenvalue weighted by molar-refractivity contribution is 6.33. The SMILES string of the molecule is [B]c1ncc(Nc2nccn3c(-c4cnn(N)c4)cnc23)cc1N. The number of hydrogen-bond donors (Lipinski definition) is 3. The van der Waals surface area contributed by atoms with Crippen LogP contribution in [0.3, 0.4) is 0 Å². The molecule has 0 fully saturated rings. The first-order valence-corrected chi connectivity index (χ1v) is 7.02. The molecule has 0 aliphatic rings. The van der Waals surface area contributed by atoms with E-state index in [2.05, 4.69) is 25.4 Å². The summed E-state index contributed by atoms with van der Waals surface area (Å²) in [6.45, 7) is 0. The minimum Gasteiger partial charge on any atom is -0.398 e. The monoisotopic (exact) mass is 317 g/mol. The van der Waals surface area contributed by atoms with Gasteiger partial charge >= 0.3 is 0 Å². The lowest BCUT2D eigenvalue weighted by Crippen LogP contribution is -2.14. The van der Waals surface area contributed by atoms with Gasteiger partial charge in [-0.15, -0.1) is 0 Å². The van der Waals surface area contributed by atoms with E-state index in [1.165, 1.54) is 4.79 Å². The average molecular weight is 317 g/mol. The van der Waals surface area contributed by atoms with Crippen molar-refractivity contribution in [1.29, 1.82) is 0 Å². The second-order valence-electron chi connectivity index (χ2n) is 5.15. The molecule has 0 saturated heterocycles. The van der Waals surface area contributed by atoms with Crippen LogP contribution in [0.15, 0.2) is 43.2 Å². The fourth-order valence-corrected chi connectivity index (χ4v) is 2.39. The highest BCUT2D eigenvalue weighted by Gasteiger charge is 2.12. The lowest BCUT2D eigenvalue weighted by atomic mass is 10.0. The van der Waals surface area contributed by atoms with E-state index in [1.54, 1.807) is 37.1 Å². The first kappa shape index (κ1) is 14.1. The number of rotatable bonds is 3. The Morgan fingerprint density at radius 1 is 1.12 bits per heavy atom. The largest absolute Gasteiger partial charge is 0.398 e. The number of aromatic nitrogens is 6. The Labute approximate surface area is 137 Å². The van der Waals surface area contributed by atoms with Gasteiger partial charge in [0.2, 0.25) is 0 Å². The maximum absolute atomic E-state index is 5.78. The van der Waals surface area contributed by atoms with Gasteiger partial charge in [0.1, 0.15) is 7.85 Å². The summed E-state index contributed by atoms with van der Waals surface area (Å²) in [5, 5.41) is 7.12. The zero-order valence-electron chi connectivity index (χ0n) is 12.5. The van der Waals surface area contributed by atoms with E-state index in [0.29, 0.717) is 22.8 Å². The van der Waals surface area contributed by atoms with Crippen LogP contribution in [-0.2, 0) is 0 Å². The number of fused-ring (bicyclic) bond motifs is 1. The minimum atomic E-state index is 0.286. The van der Waals surface area contributed by atoms with Crippen molar-refractivity contribution in [2.24, 2.45) is 0 Å². The highest BCUT2D eigenvalue weighted by atomic mass is 15.5. The summed E-state index contributed by atoms with van der Waals surface area (Å²) in [5.74, 6) is 6.17. The molecule has 4 rings (SSSR count). The molecule has 0 unspecified atom stereocenters. The van der Waals surface area contributed by atoms with Crippen molar-refractivity contribution in [2.45, 2.75) is 0 Å². The highest BCUT2D eigenvalue weighted by Crippen LogP contribution is 2.24. The Kier molecular flexibility index (Phi) is 3.09. The number of anilines is 3. The third kappa shape index (κ3) is 2.30. The standard InChI is InChI=1S/C14H12BN9/c15-12-10(16)3-9(5-19-12)22-13-14-20-6-11(23(14)2-1-18-13)8-4-21-24(17)7-8/h1-7H,16-17H2,(H,18,22). The molecule has 0 atom stereocenters. The van der Waals surface area contributed by atoms with E-state index in [0.717, 1.165) is 11.3 Å². The third-order valence-electron chi connectivity index (χ3n) is 3.54. The number of hydrogen-bond acceptors (Lipinski definition) is 7. The van der Waals surface area contributed by atoms with Gasteiger partial charge in [-0.1, -0.05) is 0 Å². The van der Waals surface area contributed by atoms with Crippen LogP contribution in [-0.4, -0.2) is 37.1 Å². The van der Waals surface area contributed by atoms with Crippen molar-refractivity contribution in [3.63, 3.8) is 0 Å². The Hall–Kier alpha value is -3.56. The molecule has 4 aromatic heterocycles. The summed E-state index contributed by atoms with van der Waals surface area (Å²) in [6, 6.07) is 1.69. The molecule has 0 aliphatic heterocycles. The molecule has 5 N–H and O–H groups in total. The first-order valence-electron chi connectivity index (χ1n) is 7.02. The van der Waals surface area contributed by atoms with Crippen molar-refractivity contribution in [1.82, 2.24) is 29.2 Å². The van der Waals surface area contributed by atoms with Crippen molar-refractivity contribution >= 4 is 36.3 Å². The van der Waals surface area contributed by atoms with Crippen LogP contribution < -0.4 is 22.5 Å². The second-order valence-corrected chi connectivity index (χ2v) is 5.15. The average Bonchev–Trinajstić information content (AvgIpc) is 3.17. The normalized spacial score (nSPS) is 11.0. The summed E-state index contributed by atoms with van der Waals surface area (Å²) >= 11 is 0. The van der Waals surface area contributed by atoms with Crippen molar-refractivity contribution in [2.75, 3.05) is 16.9 Å². The molecule has 24 heavy (non-hydrogen) atoms. The number of nitrogens with one attached hydrogen (secondary N) is 1. The molecule has 0 aliphatic carbocycles. The van der Waals surface area contributed by atoms with E-state index in [-0.39, 0.29) is 5.59 Å². The van der Waals surface area contributed by atoms with Gasteiger partial charge in [0.25, 0.3) is 0 Å². The Morgan fingerprint density at radius 3 is 2.75 bits per heavy atom. The van der Waals surface area contributed by atoms with Crippen LogP contribution in [0.1, 0.15) is 0 Å². The molecule has 0 spiro atoms. The molecule has 9 nitrogen and oxygen atoms in total. The number of pyridine rings is 1. The molecule has 116 valence electrons. The maximum atomic E-state index is 5.78. The van der Waals surface area contributed by atoms with E-state index < -0.39 is 0 Å². The van der Waals surface area contributed by atoms with Crippen LogP contribution in [0.2, 0.25) is 0 Å². The van der Waals surface area contributed by atoms with E-state index in [4.69, 9.17) is 19.4 Å². The second kappa shape index (κ2) is 5.27. The van der Waals surface area contributed by atoms with Crippen LogP contribution in [0.25, 0.3) is 16.9 Å². The Morgan fingerprint density at radius 2 is 2.00 bits per heavy atom. The maximum Gasteiger partial charge on any atom is 0.180 e. The molecule has 10 heteroatoms. The van der Waals surface area contributed by atoms with Gasteiger partial charge in [0.15, 0.2) is 11.5 Å². The molecular formula is C14H12BN9. The lowest BCUT2D eigenvalue weighted by molar-refractivity contribution is 0.832. The molecule has 4 aromatic rings. The number of nitrogen functional groups attached to an aromatic ring is 2. The smallest absolute Gasteiger partial charge is 0.180 e. The fraction of sp³-hybridized carbons (Fsp3) is 0. The Balaban J connectivity index is 1.77.